The Morgan fingerprint density at radius 1 is 1.07 bits per heavy atom. The molecule has 1 atom stereocenters. The summed E-state index contributed by atoms with van der Waals surface area (Å²) in [6.45, 7) is 3.43. The Bertz CT molecular complexity index is 1020. The van der Waals surface area contributed by atoms with Crippen molar-refractivity contribution in [3.63, 3.8) is 0 Å². The molecule has 1 amide bonds. The number of carbonyl (C=O) groups is 1. The van der Waals surface area contributed by atoms with Crippen molar-refractivity contribution in [1.82, 2.24) is 19.6 Å². The molecule has 0 bridgehead atoms. The van der Waals surface area contributed by atoms with Crippen molar-refractivity contribution >= 4 is 5.91 Å². The zero-order valence-corrected chi connectivity index (χ0v) is 16.3. The average Bonchev–Trinajstić information content (AvgIpc) is 3.10. The summed E-state index contributed by atoms with van der Waals surface area (Å²) in [7, 11) is 0. The van der Waals surface area contributed by atoms with Crippen LogP contribution in [0.4, 0.5) is 4.39 Å². The summed E-state index contributed by atoms with van der Waals surface area (Å²) < 4.78 is 15.1. The number of piperidine rings is 1. The van der Waals surface area contributed by atoms with E-state index in [4.69, 9.17) is 0 Å². The first-order chi connectivity index (χ1) is 13.9. The van der Waals surface area contributed by atoms with Crippen LogP contribution in [0, 0.1) is 11.2 Å². The van der Waals surface area contributed by atoms with Crippen molar-refractivity contribution < 1.29 is 9.18 Å². The topological polar surface area (TPSA) is 78.4 Å². The van der Waals surface area contributed by atoms with Crippen molar-refractivity contribution in [3.05, 3.63) is 68.5 Å². The molecule has 0 aliphatic carbocycles. The number of H-pyrrole nitrogens is 1. The average molecular weight is 400 g/mol. The van der Waals surface area contributed by atoms with Gasteiger partial charge in [0.25, 0.3) is 11.1 Å². The first kappa shape index (κ1) is 19.6. The highest BCUT2D eigenvalue weighted by Crippen LogP contribution is 2.39. The molecule has 1 N–H and O–H groups in total. The quantitative estimate of drug-likeness (QED) is 0.836. The van der Waals surface area contributed by atoms with Gasteiger partial charge in [-0.2, -0.15) is 0 Å². The van der Waals surface area contributed by atoms with E-state index in [1.807, 2.05) is 12.1 Å². The fourth-order valence-corrected chi connectivity index (χ4v) is 4.61. The van der Waals surface area contributed by atoms with Crippen molar-refractivity contribution in [2.45, 2.75) is 32.4 Å². The third kappa shape index (κ3) is 4.32. The lowest BCUT2D eigenvalue weighted by Gasteiger charge is -2.40. The monoisotopic (exact) mass is 400 g/mol. The molecule has 2 fully saturated rings. The van der Waals surface area contributed by atoms with Crippen molar-refractivity contribution in [1.29, 1.82) is 0 Å². The summed E-state index contributed by atoms with van der Waals surface area (Å²) in [5.74, 6) is -0.352. The van der Waals surface area contributed by atoms with Crippen LogP contribution in [-0.2, 0) is 17.9 Å². The van der Waals surface area contributed by atoms with Crippen LogP contribution in [0.15, 0.2) is 46.0 Å². The maximum absolute atomic E-state index is 14.0. The maximum atomic E-state index is 14.0. The van der Waals surface area contributed by atoms with E-state index in [1.165, 1.54) is 12.1 Å². The second-order valence-corrected chi connectivity index (χ2v) is 8.20. The molecular weight excluding hydrogens is 375 g/mol. The largest absolute Gasteiger partial charge is 0.340 e. The number of benzene rings is 1. The highest BCUT2D eigenvalue weighted by atomic mass is 19.1. The Labute approximate surface area is 167 Å². The molecule has 7 nitrogen and oxygen atoms in total. The van der Waals surface area contributed by atoms with Gasteiger partial charge in [-0.15, -0.1) is 0 Å². The van der Waals surface area contributed by atoms with E-state index in [1.54, 1.807) is 11.0 Å². The van der Waals surface area contributed by atoms with Gasteiger partial charge in [0.2, 0.25) is 5.91 Å². The molecule has 29 heavy (non-hydrogen) atoms. The maximum Gasteiger partial charge on any atom is 0.265 e. The number of hydrogen-bond acceptors (Lipinski definition) is 4. The SMILES string of the molecule is O=C(Cn1[nH]c(=O)ccc1=O)N1CC[C@]2(CCCN(Cc3ccccc3F)C2)C1. The van der Waals surface area contributed by atoms with Gasteiger partial charge >= 0.3 is 0 Å². The summed E-state index contributed by atoms with van der Waals surface area (Å²) in [6, 6.07) is 9.17. The van der Waals surface area contributed by atoms with Gasteiger partial charge in [-0.3, -0.25) is 24.4 Å². The molecule has 2 saturated heterocycles. The lowest BCUT2D eigenvalue weighted by atomic mass is 9.79. The number of hydrogen-bond donors (Lipinski definition) is 1. The number of aromatic amines is 1. The minimum absolute atomic E-state index is 0.00816. The van der Waals surface area contributed by atoms with Crippen molar-refractivity contribution in [2.75, 3.05) is 26.2 Å². The van der Waals surface area contributed by atoms with E-state index < -0.39 is 11.1 Å². The van der Waals surface area contributed by atoms with E-state index in [0.717, 1.165) is 43.1 Å². The fourth-order valence-electron chi connectivity index (χ4n) is 4.61. The summed E-state index contributed by atoms with van der Waals surface area (Å²) in [5.41, 5.74) is -0.108. The summed E-state index contributed by atoms with van der Waals surface area (Å²) >= 11 is 0. The molecule has 3 heterocycles. The van der Waals surface area contributed by atoms with Gasteiger partial charge in [0.05, 0.1) is 0 Å². The second kappa shape index (κ2) is 7.94. The second-order valence-electron chi connectivity index (χ2n) is 8.20. The standard InChI is InChI=1S/C21H25FN4O3/c22-17-5-2-1-4-16(17)12-24-10-3-8-21(14-24)9-11-25(15-21)20(29)13-26-19(28)7-6-18(27)23-26/h1-2,4-7H,3,8-15H2,(H,23,27)/t21-/m0/s1. The predicted molar refractivity (Wildman–Crippen MR) is 106 cm³/mol. The lowest BCUT2D eigenvalue weighted by molar-refractivity contribution is -0.131. The fraction of sp³-hybridized carbons (Fsp3) is 0.476. The number of rotatable bonds is 4. The molecule has 8 heteroatoms. The minimum atomic E-state index is -0.411. The molecule has 0 saturated carbocycles. The lowest BCUT2D eigenvalue weighted by Crippen LogP contribution is -2.45. The van der Waals surface area contributed by atoms with Gasteiger partial charge in [-0.1, -0.05) is 18.2 Å². The molecule has 1 spiro atoms. The number of halogens is 1. The predicted octanol–water partition coefficient (Wildman–Crippen LogP) is 1.19. The Morgan fingerprint density at radius 2 is 1.90 bits per heavy atom. The number of nitrogens with one attached hydrogen (secondary N) is 1. The number of carbonyl (C=O) groups excluding carboxylic acids is 1. The zero-order valence-electron chi connectivity index (χ0n) is 16.3. The Kier molecular flexibility index (Phi) is 5.36. The first-order valence-electron chi connectivity index (χ1n) is 9.98. The van der Waals surface area contributed by atoms with Crippen molar-refractivity contribution in [2.24, 2.45) is 5.41 Å². The molecule has 2 aliphatic heterocycles. The summed E-state index contributed by atoms with van der Waals surface area (Å²) in [6.07, 6.45) is 2.95. The van der Waals surface area contributed by atoms with E-state index in [-0.39, 0.29) is 23.7 Å². The Balaban J connectivity index is 1.40. The number of likely N-dealkylation sites (tertiary alicyclic amines) is 2. The van der Waals surface area contributed by atoms with Gasteiger partial charge in [-0.25, -0.2) is 9.07 Å². The van der Waals surface area contributed by atoms with E-state index in [2.05, 4.69) is 10.00 Å². The van der Waals surface area contributed by atoms with Crippen LogP contribution in [0.3, 0.4) is 0 Å². The molecule has 154 valence electrons. The number of nitrogens with zero attached hydrogens (tertiary/aromatic N) is 3. The van der Waals surface area contributed by atoms with Crippen LogP contribution in [0.1, 0.15) is 24.8 Å². The molecule has 0 radical (unpaired) electrons. The van der Waals surface area contributed by atoms with E-state index >= 15 is 0 Å². The summed E-state index contributed by atoms with van der Waals surface area (Å²) in [5, 5.41) is 2.40. The van der Waals surface area contributed by atoms with Crippen LogP contribution >= 0.6 is 0 Å². The normalized spacial score (nSPS) is 22.3. The van der Waals surface area contributed by atoms with Crippen molar-refractivity contribution in [3.8, 4) is 0 Å². The van der Waals surface area contributed by atoms with Crippen LogP contribution in [0.25, 0.3) is 0 Å². The highest BCUT2D eigenvalue weighted by molar-refractivity contribution is 5.76. The molecule has 2 aromatic rings. The molecular formula is C21H25FN4O3. The summed E-state index contributed by atoms with van der Waals surface area (Å²) in [4.78, 5) is 40.0. The van der Waals surface area contributed by atoms with Gasteiger partial charge in [0.15, 0.2) is 0 Å². The number of aromatic nitrogens is 2. The third-order valence-corrected chi connectivity index (χ3v) is 6.07. The smallest absolute Gasteiger partial charge is 0.265 e. The first-order valence-corrected chi connectivity index (χ1v) is 9.98. The van der Waals surface area contributed by atoms with Crippen LogP contribution in [-0.4, -0.2) is 51.7 Å². The van der Waals surface area contributed by atoms with E-state index in [9.17, 15) is 18.8 Å². The molecule has 1 aromatic heterocycles. The molecule has 1 aromatic carbocycles. The Morgan fingerprint density at radius 3 is 2.72 bits per heavy atom. The van der Waals surface area contributed by atoms with Gasteiger partial charge < -0.3 is 4.90 Å². The van der Waals surface area contributed by atoms with Gasteiger partial charge in [-0.05, 0) is 31.9 Å². The van der Waals surface area contributed by atoms with Crippen LogP contribution in [0.2, 0.25) is 0 Å². The molecule has 0 unspecified atom stereocenters. The highest BCUT2D eigenvalue weighted by Gasteiger charge is 2.42. The van der Waals surface area contributed by atoms with Crippen LogP contribution in [0.5, 0.6) is 0 Å². The molecule has 4 rings (SSSR count). The van der Waals surface area contributed by atoms with E-state index in [0.29, 0.717) is 25.2 Å². The minimum Gasteiger partial charge on any atom is -0.340 e. The molecule has 2 aliphatic rings. The van der Waals surface area contributed by atoms with Gasteiger partial charge in [0, 0.05) is 49.3 Å². The Hall–Kier alpha value is -2.74. The van der Waals surface area contributed by atoms with Gasteiger partial charge in [0.1, 0.15) is 12.4 Å². The number of amides is 1. The van der Waals surface area contributed by atoms with Crippen LogP contribution < -0.4 is 11.1 Å². The third-order valence-electron chi connectivity index (χ3n) is 6.07. The zero-order chi connectivity index (χ0) is 20.4.